The molecule has 1 heterocycles. The smallest absolute Gasteiger partial charge is 0.338 e. The zero-order valence-electron chi connectivity index (χ0n) is 15.0. The van der Waals surface area contributed by atoms with Gasteiger partial charge in [0, 0.05) is 5.02 Å². The highest BCUT2D eigenvalue weighted by atomic mass is 79.9. The molecule has 9 heteroatoms. The van der Waals surface area contributed by atoms with Gasteiger partial charge in [-0.05, 0) is 66.2 Å². The zero-order chi connectivity index (χ0) is 20.3. The lowest BCUT2D eigenvalue weighted by atomic mass is 10.2. The maximum Gasteiger partial charge on any atom is 0.338 e. The minimum Gasteiger partial charge on any atom is -0.480 e. The van der Waals surface area contributed by atoms with Gasteiger partial charge in [-0.25, -0.2) is 9.78 Å². The van der Waals surface area contributed by atoms with E-state index < -0.39 is 6.10 Å². The van der Waals surface area contributed by atoms with E-state index in [1.54, 1.807) is 50.2 Å². The summed E-state index contributed by atoms with van der Waals surface area (Å²) in [5.74, 6) is -0.221. The highest BCUT2D eigenvalue weighted by Gasteiger charge is 2.18. The van der Waals surface area contributed by atoms with E-state index in [2.05, 4.69) is 26.2 Å². The number of hydrogen-bond donors (Lipinski definition) is 1. The number of aromatic nitrogens is 1. The molecule has 1 unspecified atom stereocenters. The number of rotatable bonds is 6. The molecule has 3 rings (SSSR count). The van der Waals surface area contributed by atoms with Gasteiger partial charge in [0.2, 0.25) is 0 Å². The number of esters is 1. The largest absolute Gasteiger partial charge is 0.480 e. The number of anilines is 1. The number of nitrogens with zero attached hydrogens (tertiary/aromatic N) is 1. The Balaban J connectivity index is 1.70. The average molecular weight is 484 g/mol. The molecule has 146 valence electrons. The molecule has 0 spiro atoms. The van der Waals surface area contributed by atoms with Crippen LogP contribution in [0.2, 0.25) is 5.02 Å². The Morgan fingerprint density at radius 1 is 1.29 bits per heavy atom. The number of hydrogen-bond acceptors (Lipinski definition) is 6. The minimum atomic E-state index is -0.750. The summed E-state index contributed by atoms with van der Waals surface area (Å²) in [6.45, 7) is 3.70. The first-order valence-electron chi connectivity index (χ1n) is 8.37. The van der Waals surface area contributed by atoms with Crippen LogP contribution in [0.25, 0.3) is 10.2 Å². The third-order valence-electron chi connectivity index (χ3n) is 3.70. The molecule has 0 fully saturated rings. The van der Waals surface area contributed by atoms with Gasteiger partial charge in [0.25, 0.3) is 5.91 Å². The molecule has 28 heavy (non-hydrogen) atoms. The first-order chi connectivity index (χ1) is 13.4. The summed E-state index contributed by atoms with van der Waals surface area (Å²) in [4.78, 5) is 28.7. The molecule has 2 aromatic carbocycles. The predicted octanol–water partition coefficient (Wildman–Crippen LogP) is 5.29. The minimum absolute atomic E-state index is 0.308. The van der Waals surface area contributed by atoms with Crippen molar-refractivity contribution >= 4 is 66.1 Å². The first kappa shape index (κ1) is 20.6. The van der Waals surface area contributed by atoms with Gasteiger partial charge in [-0.1, -0.05) is 22.9 Å². The second-order valence-corrected chi connectivity index (χ2v) is 8.07. The van der Waals surface area contributed by atoms with Crippen molar-refractivity contribution in [3.8, 4) is 5.75 Å². The summed E-state index contributed by atoms with van der Waals surface area (Å²) in [5.41, 5.74) is 1.13. The van der Waals surface area contributed by atoms with Crippen LogP contribution in [0, 0.1) is 0 Å². The zero-order valence-corrected chi connectivity index (χ0v) is 18.2. The van der Waals surface area contributed by atoms with Gasteiger partial charge in [-0.15, -0.1) is 0 Å². The molecular formula is C19H16BrClN2O4S. The van der Waals surface area contributed by atoms with Crippen molar-refractivity contribution in [1.82, 2.24) is 4.98 Å². The van der Waals surface area contributed by atoms with Crippen LogP contribution in [0.15, 0.2) is 40.9 Å². The van der Waals surface area contributed by atoms with Gasteiger partial charge in [0.15, 0.2) is 11.2 Å². The van der Waals surface area contributed by atoms with Crippen LogP contribution in [-0.2, 0) is 9.53 Å². The van der Waals surface area contributed by atoms with Crippen molar-refractivity contribution < 1.29 is 19.1 Å². The Hall–Kier alpha value is -2.16. The molecule has 1 aromatic heterocycles. The van der Waals surface area contributed by atoms with Crippen molar-refractivity contribution in [2.24, 2.45) is 0 Å². The van der Waals surface area contributed by atoms with E-state index in [0.717, 1.165) is 4.70 Å². The standard InChI is InChI=1S/C19H16BrClN2O4S/c1-3-26-18(25)11-4-6-14-16(8-11)28-19(22-14)23-17(24)10(2)27-15-7-5-12(21)9-13(15)20/h4-10H,3H2,1-2H3,(H,22,23,24). The highest BCUT2D eigenvalue weighted by Crippen LogP contribution is 2.30. The predicted molar refractivity (Wildman–Crippen MR) is 113 cm³/mol. The van der Waals surface area contributed by atoms with Crippen LogP contribution in [0.5, 0.6) is 5.75 Å². The number of carbonyl (C=O) groups is 2. The molecule has 0 saturated carbocycles. The third-order valence-corrected chi connectivity index (χ3v) is 5.49. The van der Waals surface area contributed by atoms with Crippen molar-refractivity contribution in [3.05, 3.63) is 51.5 Å². The molecule has 0 bridgehead atoms. The highest BCUT2D eigenvalue weighted by molar-refractivity contribution is 9.10. The maximum absolute atomic E-state index is 12.4. The first-order valence-corrected chi connectivity index (χ1v) is 10.4. The van der Waals surface area contributed by atoms with Gasteiger partial charge in [-0.2, -0.15) is 0 Å². The molecule has 0 aliphatic heterocycles. The number of halogens is 2. The number of benzene rings is 2. The summed E-state index contributed by atoms with van der Waals surface area (Å²) < 4.78 is 12.1. The second kappa shape index (κ2) is 8.89. The summed E-state index contributed by atoms with van der Waals surface area (Å²) in [5, 5.41) is 3.73. The van der Waals surface area contributed by atoms with Gasteiger partial charge in [-0.3, -0.25) is 10.1 Å². The monoisotopic (exact) mass is 482 g/mol. The van der Waals surface area contributed by atoms with E-state index in [4.69, 9.17) is 21.1 Å². The summed E-state index contributed by atoms with van der Waals surface area (Å²) in [7, 11) is 0. The lowest BCUT2D eigenvalue weighted by Gasteiger charge is -2.14. The van der Waals surface area contributed by atoms with Crippen molar-refractivity contribution in [3.63, 3.8) is 0 Å². The van der Waals surface area contributed by atoms with Gasteiger partial charge in [0.1, 0.15) is 5.75 Å². The van der Waals surface area contributed by atoms with Gasteiger partial charge in [0.05, 0.1) is 26.9 Å². The second-order valence-electron chi connectivity index (χ2n) is 5.75. The molecular weight excluding hydrogens is 468 g/mol. The molecule has 1 amide bonds. The Labute approximate surface area is 178 Å². The number of nitrogens with one attached hydrogen (secondary N) is 1. The maximum atomic E-state index is 12.4. The average Bonchev–Trinajstić information content (AvgIpc) is 3.05. The van der Waals surface area contributed by atoms with E-state index in [9.17, 15) is 9.59 Å². The van der Waals surface area contributed by atoms with E-state index in [1.807, 2.05) is 0 Å². The van der Waals surface area contributed by atoms with Crippen LogP contribution < -0.4 is 10.1 Å². The number of thiazole rings is 1. The van der Waals surface area contributed by atoms with Crippen molar-refractivity contribution in [2.75, 3.05) is 11.9 Å². The number of amides is 1. The molecule has 0 aliphatic carbocycles. The Morgan fingerprint density at radius 3 is 2.79 bits per heavy atom. The van der Waals surface area contributed by atoms with E-state index in [0.29, 0.717) is 38.1 Å². The van der Waals surface area contributed by atoms with Crippen LogP contribution in [-0.4, -0.2) is 29.6 Å². The fraction of sp³-hybridized carbons (Fsp3) is 0.211. The molecule has 0 aliphatic rings. The lowest BCUT2D eigenvalue weighted by Crippen LogP contribution is -2.30. The van der Waals surface area contributed by atoms with Crippen LogP contribution in [0.3, 0.4) is 0 Å². The molecule has 1 N–H and O–H groups in total. The Morgan fingerprint density at radius 2 is 2.07 bits per heavy atom. The lowest BCUT2D eigenvalue weighted by molar-refractivity contribution is -0.122. The topological polar surface area (TPSA) is 77.5 Å². The van der Waals surface area contributed by atoms with Gasteiger partial charge < -0.3 is 9.47 Å². The molecule has 0 radical (unpaired) electrons. The molecule has 6 nitrogen and oxygen atoms in total. The van der Waals surface area contributed by atoms with E-state index >= 15 is 0 Å². The van der Waals surface area contributed by atoms with Crippen LogP contribution in [0.4, 0.5) is 5.13 Å². The Bertz CT molecular complexity index is 1040. The number of fused-ring (bicyclic) bond motifs is 1. The number of ether oxygens (including phenoxy) is 2. The van der Waals surface area contributed by atoms with Crippen molar-refractivity contribution in [2.45, 2.75) is 20.0 Å². The molecule has 0 saturated heterocycles. The summed E-state index contributed by atoms with van der Waals surface area (Å²) >= 11 is 10.5. The van der Waals surface area contributed by atoms with Crippen LogP contribution >= 0.6 is 38.9 Å². The quantitative estimate of drug-likeness (QED) is 0.482. The Kier molecular flexibility index (Phi) is 6.53. The molecule has 3 aromatic rings. The van der Waals surface area contributed by atoms with Gasteiger partial charge >= 0.3 is 5.97 Å². The number of carbonyl (C=O) groups excluding carboxylic acids is 2. The van der Waals surface area contributed by atoms with E-state index in [1.165, 1.54) is 11.3 Å². The fourth-order valence-corrected chi connectivity index (χ4v) is 4.03. The summed E-state index contributed by atoms with van der Waals surface area (Å²) in [6, 6.07) is 10.1. The van der Waals surface area contributed by atoms with Crippen LogP contribution in [0.1, 0.15) is 24.2 Å². The fourth-order valence-electron chi connectivity index (χ4n) is 2.34. The molecule has 1 atom stereocenters. The normalized spacial score (nSPS) is 11.9. The summed E-state index contributed by atoms with van der Waals surface area (Å²) in [6.07, 6.45) is -0.750. The van der Waals surface area contributed by atoms with E-state index in [-0.39, 0.29) is 11.9 Å². The SMILES string of the molecule is CCOC(=O)c1ccc2nc(NC(=O)C(C)Oc3ccc(Cl)cc3Br)sc2c1. The third kappa shape index (κ3) is 4.81. The van der Waals surface area contributed by atoms with Crippen molar-refractivity contribution in [1.29, 1.82) is 0 Å².